The number of nitrogens with zero attached hydrogens (tertiary/aromatic N) is 1. The van der Waals surface area contributed by atoms with Gasteiger partial charge in [-0.05, 0) is 38.4 Å². The van der Waals surface area contributed by atoms with Gasteiger partial charge < -0.3 is 10.1 Å². The van der Waals surface area contributed by atoms with Crippen LogP contribution in [0.3, 0.4) is 0 Å². The summed E-state index contributed by atoms with van der Waals surface area (Å²) in [5.74, 6) is 1.57. The van der Waals surface area contributed by atoms with Gasteiger partial charge in [-0.25, -0.2) is 0 Å². The van der Waals surface area contributed by atoms with Crippen LogP contribution in [-0.2, 0) is 0 Å². The second-order valence-electron chi connectivity index (χ2n) is 4.11. The first kappa shape index (κ1) is 10.4. The van der Waals surface area contributed by atoms with Crippen LogP contribution < -0.4 is 10.1 Å². The van der Waals surface area contributed by atoms with Gasteiger partial charge in [-0.2, -0.15) is 0 Å². The van der Waals surface area contributed by atoms with Crippen molar-refractivity contribution in [3.05, 3.63) is 24.0 Å². The normalized spacial score (nSPS) is 21.3. The average Bonchev–Trinajstić information content (AvgIpc) is 2.29. The number of pyridine rings is 1. The zero-order chi connectivity index (χ0) is 10.5. The number of aryl methyl sites for hydroxylation is 1. The maximum Gasteiger partial charge on any atom is 0.140 e. The monoisotopic (exact) mass is 206 g/mol. The molecule has 0 saturated carbocycles. The molecule has 2 heterocycles. The van der Waals surface area contributed by atoms with Gasteiger partial charge in [0.25, 0.3) is 0 Å². The van der Waals surface area contributed by atoms with Crippen molar-refractivity contribution in [1.82, 2.24) is 10.3 Å². The molecule has 0 aliphatic carbocycles. The lowest BCUT2D eigenvalue weighted by molar-refractivity contribution is 0.217. The summed E-state index contributed by atoms with van der Waals surface area (Å²) in [4.78, 5) is 4.20. The highest BCUT2D eigenvalue weighted by Gasteiger charge is 2.13. The molecule has 2 rings (SSSR count). The Morgan fingerprint density at radius 2 is 2.53 bits per heavy atom. The first-order chi connectivity index (χ1) is 7.36. The molecule has 0 radical (unpaired) electrons. The van der Waals surface area contributed by atoms with Gasteiger partial charge in [0.15, 0.2) is 0 Å². The van der Waals surface area contributed by atoms with Crippen molar-refractivity contribution in [3.63, 3.8) is 0 Å². The predicted octanol–water partition coefficient (Wildman–Crippen LogP) is 1.77. The topological polar surface area (TPSA) is 34.1 Å². The summed E-state index contributed by atoms with van der Waals surface area (Å²) in [5.41, 5.74) is 0.973. The Labute approximate surface area is 90.9 Å². The van der Waals surface area contributed by atoms with E-state index in [9.17, 15) is 0 Å². The minimum Gasteiger partial charge on any atom is -0.491 e. The van der Waals surface area contributed by atoms with Crippen LogP contribution in [0.25, 0.3) is 0 Å². The maximum atomic E-state index is 5.77. The second-order valence-corrected chi connectivity index (χ2v) is 4.11. The molecule has 82 valence electrons. The van der Waals surface area contributed by atoms with Gasteiger partial charge in [0.2, 0.25) is 0 Å². The molecule has 0 unspecified atom stereocenters. The number of ether oxygens (including phenoxy) is 1. The van der Waals surface area contributed by atoms with E-state index < -0.39 is 0 Å². The van der Waals surface area contributed by atoms with Crippen LogP contribution >= 0.6 is 0 Å². The summed E-state index contributed by atoms with van der Waals surface area (Å²) in [6.45, 7) is 5.02. The summed E-state index contributed by atoms with van der Waals surface area (Å²) in [5, 5.41) is 3.39. The molecule has 1 aromatic rings. The van der Waals surface area contributed by atoms with Gasteiger partial charge >= 0.3 is 0 Å². The third-order valence-electron chi connectivity index (χ3n) is 2.83. The predicted molar refractivity (Wildman–Crippen MR) is 60.1 cm³/mol. The van der Waals surface area contributed by atoms with Crippen LogP contribution in [0.5, 0.6) is 5.75 Å². The van der Waals surface area contributed by atoms with Crippen molar-refractivity contribution in [3.8, 4) is 5.75 Å². The Kier molecular flexibility index (Phi) is 3.56. The molecule has 15 heavy (non-hydrogen) atoms. The molecule has 1 N–H and O–H groups in total. The quantitative estimate of drug-likeness (QED) is 0.818. The molecular weight excluding hydrogens is 188 g/mol. The molecule has 0 bridgehead atoms. The molecule has 0 spiro atoms. The highest BCUT2D eigenvalue weighted by Crippen LogP contribution is 2.17. The fourth-order valence-electron chi connectivity index (χ4n) is 1.90. The van der Waals surface area contributed by atoms with E-state index in [1.54, 1.807) is 6.20 Å². The van der Waals surface area contributed by atoms with Crippen LogP contribution in [-0.4, -0.2) is 24.7 Å². The van der Waals surface area contributed by atoms with E-state index in [2.05, 4.69) is 10.3 Å². The fraction of sp³-hybridized carbons (Fsp3) is 0.583. The SMILES string of the molecule is Cc1ncccc1OC[C@@H]1CCCNC1. The summed E-state index contributed by atoms with van der Waals surface area (Å²) in [6, 6.07) is 3.90. The molecule has 3 nitrogen and oxygen atoms in total. The zero-order valence-electron chi connectivity index (χ0n) is 9.20. The molecule has 0 aromatic carbocycles. The second kappa shape index (κ2) is 5.12. The molecule has 1 fully saturated rings. The summed E-state index contributed by atoms with van der Waals surface area (Å²) < 4.78 is 5.77. The molecule has 1 atom stereocenters. The van der Waals surface area contributed by atoms with Crippen molar-refractivity contribution in [2.45, 2.75) is 19.8 Å². The van der Waals surface area contributed by atoms with Crippen molar-refractivity contribution in [1.29, 1.82) is 0 Å². The number of piperidine rings is 1. The van der Waals surface area contributed by atoms with Crippen LogP contribution in [0.15, 0.2) is 18.3 Å². The van der Waals surface area contributed by atoms with Crippen LogP contribution in [0.4, 0.5) is 0 Å². The largest absolute Gasteiger partial charge is 0.491 e. The van der Waals surface area contributed by atoms with Gasteiger partial charge in [0, 0.05) is 18.7 Å². The smallest absolute Gasteiger partial charge is 0.140 e. The summed E-state index contributed by atoms with van der Waals surface area (Å²) >= 11 is 0. The molecule has 1 aliphatic heterocycles. The van der Waals surface area contributed by atoms with Crippen molar-refractivity contribution in [2.24, 2.45) is 5.92 Å². The maximum absolute atomic E-state index is 5.77. The third-order valence-corrected chi connectivity index (χ3v) is 2.83. The lowest BCUT2D eigenvalue weighted by atomic mass is 10.0. The fourth-order valence-corrected chi connectivity index (χ4v) is 1.90. The molecule has 1 aliphatic rings. The summed E-state index contributed by atoms with van der Waals surface area (Å²) in [7, 11) is 0. The number of hydrogen-bond acceptors (Lipinski definition) is 3. The minimum atomic E-state index is 0.651. The van der Waals surface area contributed by atoms with Crippen molar-refractivity contribution >= 4 is 0 Å². The average molecular weight is 206 g/mol. The highest BCUT2D eigenvalue weighted by atomic mass is 16.5. The molecule has 3 heteroatoms. The molecule has 1 aromatic heterocycles. The van der Waals surface area contributed by atoms with Gasteiger partial charge in [0.1, 0.15) is 5.75 Å². The van der Waals surface area contributed by atoms with E-state index in [1.165, 1.54) is 12.8 Å². The van der Waals surface area contributed by atoms with Gasteiger partial charge in [0.05, 0.1) is 12.3 Å². The lowest BCUT2D eigenvalue weighted by Crippen LogP contribution is -2.33. The van der Waals surface area contributed by atoms with Gasteiger partial charge in [-0.3, -0.25) is 4.98 Å². The minimum absolute atomic E-state index is 0.651. The van der Waals surface area contributed by atoms with Crippen molar-refractivity contribution < 1.29 is 4.74 Å². The number of rotatable bonds is 3. The Hall–Kier alpha value is -1.09. The summed E-state index contributed by atoms with van der Waals surface area (Å²) in [6.07, 6.45) is 4.33. The van der Waals surface area contributed by atoms with Crippen LogP contribution in [0, 0.1) is 12.8 Å². The van der Waals surface area contributed by atoms with E-state index >= 15 is 0 Å². The first-order valence-electron chi connectivity index (χ1n) is 5.61. The van der Waals surface area contributed by atoms with Crippen molar-refractivity contribution in [2.75, 3.05) is 19.7 Å². The number of aromatic nitrogens is 1. The van der Waals surface area contributed by atoms with E-state index in [0.717, 1.165) is 31.1 Å². The number of nitrogens with one attached hydrogen (secondary N) is 1. The van der Waals surface area contributed by atoms with Gasteiger partial charge in [-0.15, -0.1) is 0 Å². The van der Waals surface area contributed by atoms with Gasteiger partial charge in [-0.1, -0.05) is 0 Å². The Bertz CT molecular complexity index is 308. The first-order valence-corrected chi connectivity index (χ1v) is 5.61. The zero-order valence-corrected chi connectivity index (χ0v) is 9.20. The van der Waals surface area contributed by atoms with E-state index in [0.29, 0.717) is 5.92 Å². The lowest BCUT2D eigenvalue weighted by Gasteiger charge is -2.22. The molecular formula is C12H18N2O. The number of hydrogen-bond donors (Lipinski definition) is 1. The highest BCUT2D eigenvalue weighted by molar-refractivity contribution is 5.25. The molecule has 0 amide bonds. The van der Waals surface area contributed by atoms with Crippen LogP contribution in [0.1, 0.15) is 18.5 Å². The van der Waals surface area contributed by atoms with E-state index in [-0.39, 0.29) is 0 Å². The Balaban J connectivity index is 1.84. The Morgan fingerprint density at radius 1 is 1.60 bits per heavy atom. The third kappa shape index (κ3) is 2.93. The molecule has 1 saturated heterocycles. The van der Waals surface area contributed by atoms with Crippen LogP contribution in [0.2, 0.25) is 0 Å². The van der Waals surface area contributed by atoms with E-state index in [1.807, 2.05) is 19.1 Å². The standard InChI is InChI=1S/C12H18N2O/c1-10-12(5-3-7-14-10)15-9-11-4-2-6-13-8-11/h3,5,7,11,13H,2,4,6,8-9H2,1H3/t11-/m1/s1. The van der Waals surface area contributed by atoms with E-state index in [4.69, 9.17) is 4.74 Å². The Morgan fingerprint density at radius 3 is 3.27 bits per heavy atom.